The van der Waals surface area contributed by atoms with Gasteiger partial charge in [-0.3, -0.25) is 0 Å². The first-order chi connectivity index (χ1) is 11.3. The van der Waals surface area contributed by atoms with Crippen LogP contribution in [0, 0.1) is 0 Å². The fraction of sp³-hybridized carbons (Fsp3) is 0.300. The van der Waals surface area contributed by atoms with Gasteiger partial charge < -0.3 is 20.0 Å². The first kappa shape index (κ1) is 24.3. The maximum absolute atomic E-state index is 10.1. The largest absolute Gasteiger partial charge is 0.508 e. The fourth-order valence-electron chi connectivity index (χ4n) is 2.51. The summed E-state index contributed by atoms with van der Waals surface area (Å²) in [5.74, 6) is 0.602. The summed E-state index contributed by atoms with van der Waals surface area (Å²) in [7, 11) is 7.89. The molecular weight excluding hydrogens is 371 g/mol. The molecule has 0 aliphatic heterocycles. The van der Waals surface area contributed by atoms with Crippen molar-refractivity contribution in [3.63, 3.8) is 0 Å². The van der Waals surface area contributed by atoms with Gasteiger partial charge in [-0.25, -0.2) is 0 Å². The molecule has 2 rings (SSSR count). The maximum atomic E-state index is 10.1. The number of hydrogen-bond donors (Lipinski definition) is 2. The molecule has 0 aliphatic carbocycles. The minimum Gasteiger partial charge on any atom is -0.508 e. The smallest absolute Gasteiger partial charge is 0.120 e. The summed E-state index contributed by atoms with van der Waals surface area (Å²) < 4.78 is 0. The summed E-state index contributed by atoms with van der Waals surface area (Å²) in [6.45, 7) is 1.41. The molecule has 0 fully saturated rings. The van der Waals surface area contributed by atoms with E-state index < -0.39 is 0 Å². The summed E-state index contributed by atoms with van der Waals surface area (Å²) in [4.78, 5) is 4.03. The second-order valence-electron chi connectivity index (χ2n) is 6.59. The van der Waals surface area contributed by atoms with Crippen LogP contribution in [-0.4, -0.2) is 48.2 Å². The van der Waals surface area contributed by atoms with Gasteiger partial charge in [0.25, 0.3) is 0 Å². The summed E-state index contributed by atoms with van der Waals surface area (Å²) in [6, 6.07) is 11.4. The fourth-order valence-corrected chi connectivity index (χ4v) is 2.51. The molecule has 0 aliphatic rings. The second kappa shape index (κ2) is 11.1. The Labute approximate surface area is 168 Å². The lowest BCUT2D eigenvalue weighted by Gasteiger charge is -2.12. The normalized spacial score (nSPS) is 10.8. The molecular formula is C20H28Cl2N2O2. The van der Waals surface area contributed by atoms with E-state index in [2.05, 4.69) is 0 Å². The molecule has 0 amide bonds. The van der Waals surface area contributed by atoms with Crippen molar-refractivity contribution in [2.24, 2.45) is 0 Å². The van der Waals surface area contributed by atoms with Gasteiger partial charge in [0, 0.05) is 24.2 Å². The highest BCUT2D eigenvalue weighted by atomic mass is 35.5. The maximum Gasteiger partial charge on any atom is 0.120 e. The lowest BCUT2D eigenvalue weighted by Crippen LogP contribution is -2.10. The van der Waals surface area contributed by atoms with Crippen molar-refractivity contribution in [1.82, 2.24) is 9.80 Å². The minimum atomic E-state index is 0. The Kier molecular flexibility index (Phi) is 10.4. The summed E-state index contributed by atoms with van der Waals surface area (Å²) >= 11 is 0. The number of hydrogen-bond acceptors (Lipinski definition) is 4. The number of phenolic OH excluding ortho intramolecular Hbond substituents is 2. The van der Waals surface area contributed by atoms with Crippen LogP contribution in [0.3, 0.4) is 0 Å². The van der Waals surface area contributed by atoms with E-state index in [9.17, 15) is 10.2 Å². The van der Waals surface area contributed by atoms with E-state index in [1.165, 1.54) is 0 Å². The Hall–Kier alpha value is -1.72. The molecule has 0 aromatic heterocycles. The van der Waals surface area contributed by atoms with Crippen LogP contribution in [0.2, 0.25) is 0 Å². The van der Waals surface area contributed by atoms with Crippen molar-refractivity contribution >= 4 is 37.0 Å². The molecule has 2 N–H and O–H groups in total. The second-order valence-corrected chi connectivity index (χ2v) is 6.59. The quantitative estimate of drug-likeness (QED) is 0.714. The van der Waals surface area contributed by atoms with E-state index >= 15 is 0 Å². The lowest BCUT2D eigenvalue weighted by molar-refractivity contribution is 0.386. The molecule has 0 heterocycles. The van der Waals surface area contributed by atoms with Gasteiger partial charge in [0.05, 0.1) is 0 Å². The average Bonchev–Trinajstić information content (AvgIpc) is 2.49. The van der Waals surface area contributed by atoms with Crippen LogP contribution in [0.1, 0.15) is 22.3 Å². The predicted molar refractivity (Wildman–Crippen MR) is 114 cm³/mol. The van der Waals surface area contributed by atoms with Crippen molar-refractivity contribution < 1.29 is 10.2 Å². The first-order valence-corrected chi connectivity index (χ1v) is 7.96. The molecule has 144 valence electrons. The van der Waals surface area contributed by atoms with Gasteiger partial charge in [0.2, 0.25) is 0 Å². The molecule has 0 saturated carbocycles. The summed E-state index contributed by atoms with van der Waals surface area (Å²) in [5.41, 5.74) is 3.66. The van der Waals surface area contributed by atoms with E-state index in [1.807, 2.05) is 74.4 Å². The molecule has 26 heavy (non-hydrogen) atoms. The van der Waals surface area contributed by atoms with Crippen molar-refractivity contribution in [2.45, 2.75) is 13.1 Å². The Morgan fingerprint density at radius 1 is 0.692 bits per heavy atom. The standard InChI is InChI=1S/C20H26N2O2.2ClH/c1-21(2)13-17-9-7-15(11-19(17)23)5-6-16-8-10-18(14-22(3)4)20(24)12-16;;/h5-12,23-24H,13-14H2,1-4H3;2*1H/b6-5+;;. The number of aromatic hydroxyl groups is 2. The van der Waals surface area contributed by atoms with Crippen LogP contribution in [0.4, 0.5) is 0 Å². The van der Waals surface area contributed by atoms with E-state index in [4.69, 9.17) is 0 Å². The number of halogens is 2. The third-order valence-corrected chi connectivity index (χ3v) is 3.66. The van der Waals surface area contributed by atoms with Gasteiger partial charge in [-0.1, -0.05) is 36.4 Å². The monoisotopic (exact) mass is 398 g/mol. The minimum absolute atomic E-state index is 0. The van der Waals surface area contributed by atoms with Crippen molar-refractivity contribution in [3.8, 4) is 11.5 Å². The zero-order valence-corrected chi connectivity index (χ0v) is 17.3. The van der Waals surface area contributed by atoms with Crippen LogP contribution in [-0.2, 0) is 13.1 Å². The first-order valence-electron chi connectivity index (χ1n) is 7.96. The Balaban J connectivity index is 0.00000312. The van der Waals surface area contributed by atoms with Crippen LogP contribution in [0.5, 0.6) is 11.5 Å². The third kappa shape index (κ3) is 7.26. The van der Waals surface area contributed by atoms with Crippen LogP contribution in [0.15, 0.2) is 36.4 Å². The molecule has 0 atom stereocenters. The van der Waals surface area contributed by atoms with Gasteiger partial charge in [0.1, 0.15) is 11.5 Å². The topological polar surface area (TPSA) is 46.9 Å². The SMILES string of the molecule is CN(C)Cc1ccc(/C=C/c2ccc(CN(C)C)c(O)c2)cc1O.Cl.Cl. The molecule has 0 unspecified atom stereocenters. The van der Waals surface area contributed by atoms with Gasteiger partial charge in [-0.05, 0) is 51.5 Å². The third-order valence-electron chi connectivity index (χ3n) is 3.66. The van der Waals surface area contributed by atoms with Crippen molar-refractivity contribution in [1.29, 1.82) is 0 Å². The predicted octanol–water partition coefficient (Wildman–Crippen LogP) is 4.24. The van der Waals surface area contributed by atoms with Crippen LogP contribution in [0.25, 0.3) is 12.2 Å². The summed E-state index contributed by atoms with van der Waals surface area (Å²) in [5, 5.41) is 20.2. The molecule has 0 bridgehead atoms. The molecule has 2 aromatic rings. The van der Waals surface area contributed by atoms with E-state index in [-0.39, 0.29) is 24.8 Å². The molecule has 0 saturated heterocycles. The van der Waals surface area contributed by atoms with Gasteiger partial charge >= 0.3 is 0 Å². The van der Waals surface area contributed by atoms with Crippen LogP contribution < -0.4 is 0 Å². The zero-order chi connectivity index (χ0) is 17.7. The lowest BCUT2D eigenvalue weighted by atomic mass is 10.1. The number of rotatable bonds is 6. The Bertz CT molecular complexity index is 670. The van der Waals surface area contributed by atoms with Crippen molar-refractivity contribution in [2.75, 3.05) is 28.2 Å². The highest BCUT2D eigenvalue weighted by molar-refractivity contribution is 5.85. The number of nitrogens with zero attached hydrogens (tertiary/aromatic N) is 2. The average molecular weight is 399 g/mol. The Morgan fingerprint density at radius 3 is 1.31 bits per heavy atom. The molecule has 4 nitrogen and oxygen atoms in total. The van der Waals surface area contributed by atoms with Crippen LogP contribution >= 0.6 is 24.8 Å². The molecule has 2 aromatic carbocycles. The highest BCUT2D eigenvalue weighted by Gasteiger charge is 2.04. The molecule has 0 spiro atoms. The van der Waals surface area contributed by atoms with Gasteiger partial charge in [-0.2, -0.15) is 0 Å². The number of benzene rings is 2. The molecule has 6 heteroatoms. The van der Waals surface area contributed by atoms with Gasteiger partial charge in [-0.15, -0.1) is 24.8 Å². The van der Waals surface area contributed by atoms with E-state index in [0.717, 1.165) is 22.3 Å². The van der Waals surface area contributed by atoms with Crippen molar-refractivity contribution in [3.05, 3.63) is 58.7 Å². The highest BCUT2D eigenvalue weighted by Crippen LogP contribution is 2.23. The molecule has 0 radical (unpaired) electrons. The Morgan fingerprint density at radius 2 is 1.04 bits per heavy atom. The summed E-state index contributed by atoms with van der Waals surface area (Å²) in [6.07, 6.45) is 3.86. The van der Waals surface area contributed by atoms with Gasteiger partial charge in [0.15, 0.2) is 0 Å². The zero-order valence-electron chi connectivity index (χ0n) is 15.6. The van der Waals surface area contributed by atoms with E-state index in [1.54, 1.807) is 12.1 Å². The van der Waals surface area contributed by atoms with E-state index in [0.29, 0.717) is 24.6 Å². The number of phenols is 2.